The Balaban J connectivity index is 1.70. The number of hydrogen-bond donors (Lipinski definition) is 1. The van der Waals surface area contributed by atoms with Crippen molar-refractivity contribution < 1.29 is 13.5 Å². The number of thioether (sulfide) groups is 1. The van der Waals surface area contributed by atoms with Crippen LogP contribution in [0.4, 0.5) is 8.78 Å². The lowest BCUT2D eigenvalue weighted by molar-refractivity contribution is 0.0844. The van der Waals surface area contributed by atoms with Crippen LogP contribution < -0.4 is 5.32 Å². The highest BCUT2D eigenvalue weighted by Gasteiger charge is 2.21. The monoisotopic (exact) mass is 287 g/mol. The molecule has 2 nitrogen and oxygen atoms in total. The second-order valence-electron chi connectivity index (χ2n) is 4.72. The van der Waals surface area contributed by atoms with E-state index < -0.39 is 5.82 Å². The van der Waals surface area contributed by atoms with E-state index in [0.717, 1.165) is 32.1 Å². The van der Waals surface area contributed by atoms with Crippen molar-refractivity contribution in [1.82, 2.24) is 5.32 Å². The average Bonchev–Trinajstić information content (AvgIpc) is 2.92. The fourth-order valence-electron chi connectivity index (χ4n) is 2.16. The molecule has 2 rings (SSSR count). The molecule has 0 aromatic heterocycles. The molecule has 0 spiro atoms. The van der Waals surface area contributed by atoms with Crippen molar-refractivity contribution in [2.24, 2.45) is 0 Å². The molecule has 1 aromatic rings. The minimum atomic E-state index is -0.399. The second kappa shape index (κ2) is 7.22. The van der Waals surface area contributed by atoms with Gasteiger partial charge in [0, 0.05) is 29.8 Å². The first-order valence-electron chi connectivity index (χ1n) is 6.59. The molecule has 1 saturated heterocycles. The van der Waals surface area contributed by atoms with E-state index in [4.69, 9.17) is 4.74 Å². The van der Waals surface area contributed by atoms with Gasteiger partial charge in [-0.3, -0.25) is 0 Å². The molecule has 1 aromatic carbocycles. The van der Waals surface area contributed by atoms with E-state index in [9.17, 15) is 8.78 Å². The van der Waals surface area contributed by atoms with Crippen LogP contribution in [-0.4, -0.2) is 31.1 Å². The highest BCUT2D eigenvalue weighted by molar-refractivity contribution is 7.99. The zero-order valence-electron chi connectivity index (χ0n) is 11.0. The fraction of sp³-hybridized carbons (Fsp3) is 0.571. The molecule has 2 atom stereocenters. The van der Waals surface area contributed by atoms with Gasteiger partial charge in [-0.1, -0.05) is 0 Å². The van der Waals surface area contributed by atoms with Gasteiger partial charge in [0.1, 0.15) is 11.6 Å². The molecule has 0 radical (unpaired) electrons. The molecule has 0 saturated carbocycles. The molecule has 0 aliphatic carbocycles. The van der Waals surface area contributed by atoms with Gasteiger partial charge in [-0.15, -0.1) is 11.8 Å². The number of nitrogens with one attached hydrogen (secondary N) is 1. The van der Waals surface area contributed by atoms with Gasteiger partial charge in [-0.25, -0.2) is 8.78 Å². The summed E-state index contributed by atoms with van der Waals surface area (Å²) in [5.41, 5.74) is 0. The van der Waals surface area contributed by atoms with Crippen molar-refractivity contribution in [2.45, 2.75) is 36.8 Å². The van der Waals surface area contributed by atoms with E-state index in [1.54, 1.807) is 0 Å². The Morgan fingerprint density at radius 3 is 3.05 bits per heavy atom. The highest BCUT2D eigenvalue weighted by Crippen LogP contribution is 2.22. The van der Waals surface area contributed by atoms with Gasteiger partial charge in [0.05, 0.1) is 6.10 Å². The largest absolute Gasteiger partial charge is 0.377 e. The summed E-state index contributed by atoms with van der Waals surface area (Å²) in [4.78, 5) is 0.367. The van der Waals surface area contributed by atoms with Crippen LogP contribution >= 0.6 is 11.8 Å². The summed E-state index contributed by atoms with van der Waals surface area (Å²) < 4.78 is 31.9. The molecule has 2 unspecified atom stereocenters. The van der Waals surface area contributed by atoms with Crippen LogP contribution in [0.5, 0.6) is 0 Å². The van der Waals surface area contributed by atoms with Crippen molar-refractivity contribution in [3.05, 3.63) is 29.8 Å². The van der Waals surface area contributed by atoms with Gasteiger partial charge >= 0.3 is 0 Å². The Morgan fingerprint density at radius 2 is 2.32 bits per heavy atom. The lowest BCUT2D eigenvalue weighted by Gasteiger charge is -2.19. The van der Waals surface area contributed by atoms with Crippen molar-refractivity contribution in [3.63, 3.8) is 0 Å². The summed E-state index contributed by atoms with van der Waals surface area (Å²) in [5, 5.41) is 3.37. The van der Waals surface area contributed by atoms with Crippen LogP contribution in [0.1, 0.15) is 19.8 Å². The van der Waals surface area contributed by atoms with Gasteiger partial charge < -0.3 is 10.1 Å². The summed E-state index contributed by atoms with van der Waals surface area (Å²) in [6.07, 6.45) is 2.51. The summed E-state index contributed by atoms with van der Waals surface area (Å²) in [5.74, 6) is -0.0552. The van der Waals surface area contributed by atoms with Gasteiger partial charge in [0.15, 0.2) is 0 Å². The Labute approximate surface area is 116 Å². The molecule has 0 amide bonds. The maximum absolute atomic E-state index is 13.4. The Morgan fingerprint density at radius 1 is 1.47 bits per heavy atom. The van der Waals surface area contributed by atoms with Crippen LogP contribution in [0, 0.1) is 11.6 Å². The number of hydrogen-bond acceptors (Lipinski definition) is 3. The van der Waals surface area contributed by atoms with Gasteiger partial charge in [0.25, 0.3) is 0 Å². The number of rotatable bonds is 6. The van der Waals surface area contributed by atoms with Crippen molar-refractivity contribution in [1.29, 1.82) is 0 Å². The van der Waals surface area contributed by atoms with Crippen LogP contribution in [0.3, 0.4) is 0 Å². The molecule has 1 N–H and O–H groups in total. The molecular weight excluding hydrogens is 268 g/mol. The zero-order chi connectivity index (χ0) is 13.7. The summed E-state index contributed by atoms with van der Waals surface area (Å²) in [6.45, 7) is 3.70. The van der Waals surface area contributed by atoms with Crippen LogP contribution in [0.15, 0.2) is 23.1 Å². The molecule has 106 valence electrons. The molecular formula is C14H19F2NOS. The molecule has 1 heterocycles. The first kappa shape index (κ1) is 14.8. The Kier molecular flexibility index (Phi) is 5.60. The minimum absolute atomic E-state index is 0.288. The average molecular weight is 287 g/mol. The number of benzene rings is 1. The van der Waals surface area contributed by atoms with Gasteiger partial charge in [-0.05, 0) is 38.0 Å². The fourth-order valence-corrected chi connectivity index (χ4v) is 3.01. The SMILES string of the molecule is CC(NCCSc1cc(F)ccc1F)C1CCCO1. The number of halogens is 2. The Hall–Kier alpha value is -0.650. The summed E-state index contributed by atoms with van der Waals surface area (Å²) in [7, 11) is 0. The number of ether oxygens (including phenoxy) is 1. The maximum Gasteiger partial charge on any atom is 0.136 e. The third-order valence-corrected chi connectivity index (χ3v) is 4.27. The predicted octanol–water partition coefficient (Wildman–Crippen LogP) is 3.21. The topological polar surface area (TPSA) is 21.3 Å². The molecule has 1 aliphatic rings. The first-order valence-corrected chi connectivity index (χ1v) is 7.58. The predicted molar refractivity (Wildman–Crippen MR) is 73.5 cm³/mol. The standard InChI is InChI=1S/C14H19F2NOS/c1-10(13-3-2-7-18-13)17-6-8-19-14-9-11(15)4-5-12(14)16/h4-5,9-10,13,17H,2-3,6-8H2,1H3. The molecule has 1 fully saturated rings. The van der Waals surface area contributed by atoms with Crippen molar-refractivity contribution in [3.8, 4) is 0 Å². The van der Waals surface area contributed by atoms with Gasteiger partial charge in [-0.2, -0.15) is 0 Å². The van der Waals surface area contributed by atoms with E-state index >= 15 is 0 Å². The summed E-state index contributed by atoms with van der Waals surface area (Å²) >= 11 is 1.33. The van der Waals surface area contributed by atoms with Crippen molar-refractivity contribution in [2.75, 3.05) is 18.9 Å². The molecule has 5 heteroatoms. The van der Waals surface area contributed by atoms with E-state index in [1.807, 2.05) is 0 Å². The van der Waals surface area contributed by atoms with Gasteiger partial charge in [0.2, 0.25) is 0 Å². The Bertz CT molecular complexity index is 410. The van der Waals surface area contributed by atoms with Crippen LogP contribution in [0.25, 0.3) is 0 Å². The molecule has 1 aliphatic heterocycles. The lowest BCUT2D eigenvalue weighted by atomic mass is 10.1. The quantitative estimate of drug-likeness (QED) is 0.641. The van der Waals surface area contributed by atoms with E-state index in [-0.39, 0.29) is 11.9 Å². The maximum atomic E-state index is 13.4. The third kappa shape index (κ3) is 4.44. The third-order valence-electron chi connectivity index (χ3n) is 3.24. The van der Waals surface area contributed by atoms with Crippen LogP contribution in [0.2, 0.25) is 0 Å². The van der Waals surface area contributed by atoms with Crippen molar-refractivity contribution >= 4 is 11.8 Å². The minimum Gasteiger partial charge on any atom is -0.377 e. The lowest BCUT2D eigenvalue weighted by Crippen LogP contribution is -2.38. The zero-order valence-corrected chi connectivity index (χ0v) is 11.8. The van der Waals surface area contributed by atoms with Crippen LogP contribution in [-0.2, 0) is 4.74 Å². The molecule has 19 heavy (non-hydrogen) atoms. The highest BCUT2D eigenvalue weighted by atomic mass is 32.2. The second-order valence-corrected chi connectivity index (χ2v) is 5.85. The molecule has 0 bridgehead atoms. The normalized spacial score (nSPS) is 20.7. The summed E-state index contributed by atoms with van der Waals surface area (Å²) in [6, 6.07) is 3.85. The van der Waals surface area contributed by atoms with E-state index in [0.29, 0.717) is 16.7 Å². The van der Waals surface area contributed by atoms with E-state index in [2.05, 4.69) is 12.2 Å². The first-order chi connectivity index (χ1) is 9.16. The smallest absolute Gasteiger partial charge is 0.136 e. The van der Waals surface area contributed by atoms with E-state index in [1.165, 1.54) is 23.9 Å².